The summed E-state index contributed by atoms with van der Waals surface area (Å²) in [5.41, 5.74) is 0. The molecule has 9 heteroatoms. The van der Waals surface area contributed by atoms with E-state index in [-0.39, 0.29) is 32.2 Å². The summed E-state index contributed by atoms with van der Waals surface area (Å²) in [5.74, 6) is -0.386. The zero-order chi connectivity index (χ0) is 28.5. The molecule has 38 heavy (non-hydrogen) atoms. The van der Waals surface area contributed by atoms with E-state index in [2.05, 4.69) is 6.92 Å². The summed E-state index contributed by atoms with van der Waals surface area (Å²) in [7, 11) is 1.36. The number of hydrogen-bond donors (Lipinski definition) is 0. The summed E-state index contributed by atoms with van der Waals surface area (Å²) >= 11 is 0. The normalized spacial score (nSPS) is 14.4. The third-order valence-electron chi connectivity index (χ3n) is 6.38. The van der Waals surface area contributed by atoms with Gasteiger partial charge in [0.05, 0.1) is 34.4 Å². The second-order valence-electron chi connectivity index (χ2n) is 11.5. The number of carbonyl (C=O) groups excluding carboxylic acids is 1. The van der Waals surface area contributed by atoms with Crippen molar-refractivity contribution in [2.75, 3.05) is 54.1 Å². The molecule has 0 rings (SSSR count). The number of unbranched alkanes of at least 4 members (excludes halogenated alkanes) is 14. The number of esters is 1. The van der Waals surface area contributed by atoms with Crippen molar-refractivity contribution >= 4 is 13.8 Å². The van der Waals surface area contributed by atoms with E-state index >= 15 is 0 Å². The second-order valence-corrected chi connectivity index (χ2v) is 12.9. The quantitative estimate of drug-likeness (QED) is 0.0446. The Bertz CT molecular complexity index is 598. The van der Waals surface area contributed by atoms with Crippen molar-refractivity contribution in [3.8, 4) is 0 Å². The Kier molecular flexibility index (Phi) is 24.0. The molecule has 0 aliphatic rings. The van der Waals surface area contributed by atoms with E-state index < -0.39 is 13.9 Å². The van der Waals surface area contributed by atoms with Gasteiger partial charge in [-0.3, -0.25) is 9.36 Å². The predicted molar refractivity (Wildman–Crippen MR) is 153 cm³/mol. The molecule has 0 heterocycles. The summed E-state index contributed by atoms with van der Waals surface area (Å²) in [5, 5.41) is 0. The van der Waals surface area contributed by atoms with Gasteiger partial charge in [-0.25, -0.2) is 0 Å². The molecule has 0 spiro atoms. The highest BCUT2D eigenvalue weighted by atomic mass is 31.2. The molecule has 0 bridgehead atoms. The fourth-order valence-electron chi connectivity index (χ4n) is 3.99. The molecule has 2 atom stereocenters. The molecule has 0 aliphatic carbocycles. The number of quaternary nitrogens is 1. The minimum absolute atomic E-state index is 0.0280. The van der Waals surface area contributed by atoms with Crippen molar-refractivity contribution in [3.63, 3.8) is 0 Å². The van der Waals surface area contributed by atoms with Gasteiger partial charge in [-0.05, 0) is 12.8 Å². The minimum atomic E-state index is -4.48. The van der Waals surface area contributed by atoms with Gasteiger partial charge in [0, 0.05) is 13.0 Å². The molecule has 0 amide bonds. The number of phosphoric ester groups is 1. The first-order valence-electron chi connectivity index (χ1n) is 15.3. The van der Waals surface area contributed by atoms with Crippen LogP contribution in [-0.4, -0.2) is 70.7 Å². The average molecular weight is 566 g/mol. The lowest BCUT2D eigenvalue weighted by Crippen LogP contribution is -2.37. The summed E-state index contributed by atoms with van der Waals surface area (Å²) in [6, 6.07) is 0. The lowest BCUT2D eigenvalue weighted by atomic mass is 10.0. The average Bonchev–Trinajstić information content (AvgIpc) is 2.83. The van der Waals surface area contributed by atoms with E-state index in [9.17, 15) is 14.3 Å². The van der Waals surface area contributed by atoms with Crippen LogP contribution in [0.2, 0.25) is 0 Å². The molecule has 0 aromatic carbocycles. The first kappa shape index (κ1) is 37.5. The van der Waals surface area contributed by atoms with Crippen LogP contribution < -0.4 is 4.89 Å². The van der Waals surface area contributed by atoms with Crippen molar-refractivity contribution in [1.82, 2.24) is 0 Å². The van der Waals surface area contributed by atoms with Gasteiger partial charge in [-0.15, -0.1) is 0 Å². The molecule has 0 saturated carbocycles. The Labute approximate surface area is 234 Å². The van der Waals surface area contributed by atoms with E-state index in [1.54, 1.807) is 0 Å². The second kappa shape index (κ2) is 24.3. The molecule has 0 N–H and O–H groups in total. The van der Waals surface area contributed by atoms with Gasteiger partial charge >= 0.3 is 5.97 Å². The Hall–Kier alpha value is -0.500. The number of hydrogen-bond acceptors (Lipinski definition) is 7. The number of carbonyl (C=O) groups is 1. The predicted octanol–water partition coefficient (Wildman–Crippen LogP) is 6.79. The van der Waals surface area contributed by atoms with E-state index in [4.69, 9.17) is 18.5 Å². The molecule has 0 aromatic heterocycles. The van der Waals surface area contributed by atoms with Crippen LogP contribution in [0.15, 0.2) is 0 Å². The van der Waals surface area contributed by atoms with Gasteiger partial charge in [0.2, 0.25) is 0 Å². The molecular weight excluding hydrogens is 505 g/mol. The lowest BCUT2D eigenvalue weighted by molar-refractivity contribution is -0.870. The highest BCUT2D eigenvalue weighted by molar-refractivity contribution is 7.45. The summed E-state index contributed by atoms with van der Waals surface area (Å²) < 4.78 is 33.6. The monoisotopic (exact) mass is 565 g/mol. The fourth-order valence-corrected chi connectivity index (χ4v) is 4.72. The number of nitrogens with zero attached hydrogens (tertiary/aromatic N) is 1. The standard InChI is InChI=1S/C29H60NO7P/c1-6-8-9-10-11-12-13-14-15-16-17-18-19-20-21-24-34-26-28(37-29(31)22-7-2)27-36-38(32,33)35-25-23-30(3,4)5/h28H,6-27H2,1-5H3. The minimum Gasteiger partial charge on any atom is -0.756 e. The van der Waals surface area contributed by atoms with Crippen molar-refractivity contribution in [1.29, 1.82) is 0 Å². The highest BCUT2D eigenvalue weighted by Gasteiger charge is 2.20. The largest absolute Gasteiger partial charge is 0.756 e. The van der Waals surface area contributed by atoms with Crippen LogP contribution in [0, 0.1) is 0 Å². The Morgan fingerprint density at radius 1 is 0.711 bits per heavy atom. The number of phosphoric acid groups is 1. The molecule has 0 aliphatic heterocycles. The Balaban J connectivity index is 3.92. The van der Waals surface area contributed by atoms with Gasteiger partial charge in [0.25, 0.3) is 7.82 Å². The van der Waals surface area contributed by atoms with Crippen LogP contribution in [0.3, 0.4) is 0 Å². The maximum Gasteiger partial charge on any atom is 0.306 e. The van der Waals surface area contributed by atoms with E-state index in [0.29, 0.717) is 24.1 Å². The lowest BCUT2D eigenvalue weighted by Gasteiger charge is -2.28. The summed E-state index contributed by atoms with van der Waals surface area (Å²) in [4.78, 5) is 24.0. The smallest absolute Gasteiger partial charge is 0.306 e. The maximum atomic E-state index is 12.1. The van der Waals surface area contributed by atoms with E-state index in [1.165, 1.54) is 83.5 Å². The zero-order valence-corrected chi connectivity index (χ0v) is 26.3. The van der Waals surface area contributed by atoms with E-state index in [0.717, 1.165) is 12.8 Å². The third-order valence-corrected chi connectivity index (χ3v) is 7.34. The van der Waals surface area contributed by atoms with Crippen LogP contribution in [0.1, 0.15) is 123 Å². The molecule has 0 fully saturated rings. The van der Waals surface area contributed by atoms with Crippen LogP contribution >= 0.6 is 7.82 Å². The van der Waals surface area contributed by atoms with Gasteiger partial charge in [0.15, 0.2) is 0 Å². The van der Waals surface area contributed by atoms with Crippen molar-refractivity contribution in [2.24, 2.45) is 0 Å². The maximum absolute atomic E-state index is 12.1. The van der Waals surface area contributed by atoms with Gasteiger partial charge in [0.1, 0.15) is 19.3 Å². The summed E-state index contributed by atoms with van der Waals surface area (Å²) in [6.07, 6.45) is 19.7. The van der Waals surface area contributed by atoms with Gasteiger partial charge < -0.3 is 27.9 Å². The summed E-state index contributed by atoms with van der Waals surface area (Å²) in [6.45, 7) is 5.04. The Morgan fingerprint density at radius 3 is 1.68 bits per heavy atom. The molecule has 228 valence electrons. The van der Waals surface area contributed by atoms with E-state index in [1.807, 2.05) is 28.1 Å². The molecular formula is C29H60NO7P. The SMILES string of the molecule is CCCCCCCCCCCCCCCCCOCC(COP(=O)([O-])OCC[N+](C)(C)C)OC(=O)CCC. The third kappa shape index (κ3) is 27.1. The van der Waals surface area contributed by atoms with Crippen molar-refractivity contribution < 1.29 is 37.3 Å². The van der Waals surface area contributed by atoms with Crippen LogP contribution in [-0.2, 0) is 27.9 Å². The number of likely N-dealkylation sites (N-methyl/N-ethyl adjacent to an activating group) is 1. The van der Waals surface area contributed by atoms with Gasteiger partial charge in [-0.2, -0.15) is 0 Å². The zero-order valence-electron chi connectivity index (χ0n) is 25.4. The molecule has 2 unspecified atom stereocenters. The first-order chi connectivity index (χ1) is 18.1. The van der Waals surface area contributed by atoms with Crippen LogP contribution in [0.4, 0.5) is 0 Å². The topological polar surface area (TPSA) is 94.1 Å². The number of ether oxygens (including phenoxy) is 2. The number of rotatable bonds is 28. The molecule has 0 aromatic rings. The van der Waals surface area contributed by atoms with Crippen LogP contribution in [0.25, 0.3) is 0 Å². The molecule has 8 nitrogen and oxygen atoms in total. The molecule has 0 saturated heterocycles. The van der Waals surface area contributed by atoms with Crippen molar-refractivity contribution in [3.05, 3.63) is 0 Å². The van der Waals surface area contributed by atoms with Crippen LogP contribution in [0.5, 0.6) is 0 Å². The first-order valence-corrected chi connectivity index (χ1v) is 16.7. The van der Waals surface area contributed by atoms with Crippen molar-refractivity contribution in [2.45, 2.75) is 129 Å². The highest BCUT2D eigenvalue weighted by Crippen LogP contribution is 2.38. The van der Waals surface area contributed by atoms with Gasteiger partial charge in [-0.1, -0.05) is 104 Å². The fraction of sp³-hybridized carbons (Fsp3) is 0.966. The molecule has 0 radical (unpaired) electrons. The Morgan fingerprint density at radius 2 is 1.21 bits per heavy atom.